The van der Waals surface area contributed by atoms with Crippen molar-refractivity contribution in [3.8, 4) is 0 Å². The smallest absolute Gasteiger partial charge is 0 e. The summed E-state index contributed by atoms with van der Waals surface area (Å²) in [6.07, 6.45) is 0. The molecular formula is Lu2Pd3. The summed E-state index contributed by atoms with van der Waals surface area (Å²) >= 11 is 0. The summed E-state index contributed by atoms with van der Waals surface area (Å²) in [5, 5.41) is 0. The Hall–Kier alpha value is 4.45. The zero-order valence-electron chi connectivity index (χ0n) is 1.47. The minimum Gasteiger partial charge on any atom is 0 e. The van der Waals surface area contributed by atoms with E-state index in [4.69, 9.17) is 0 Å². The molecule has 0 aliphatic carbocycles. The first kappa shape index (κ1) is 34.1. The van der Waals surface area contributed by atoms with Crippen LogP contribution in [-0.4, -0.2) is 0 Å². The van der Waals surface area contributed by atoms with Crippen molar-refractivity contribution in [2.24, 2.45) is 0 Å². The van der Waals surface area contributed by atoms with Gasteiger partial charge in [0, 0.05) is 135 Å². The molecule has 0 saturated heterocycles. The second-order valence-electron chi connectivity index (χ2n) is 0. The summed E-state index contributed by atoms with van der Waals surface area (Å²) in [6.45, 7) is 0. The minimum absolute atomic E-state index is 0. The summed E-state index contributed by atoms with van der Waals surface area (Å²) in [5.41, 5.74) is 0. The van der Waals surface area contributed by atoms with Gasteiger partial charge in [-0.25, -0.2) is 0 Å². The van der Waals surface area contributed by atoms with Gasteiger partial charge in [0.1, 0.15) is 0 Å². The summed E-state index contributed by atoms with van der Waals surface area (Å²) in [7, 11) is 0. The van der Waals surface area contributed by atoms with Gasteiger partial charge >= 0.3 is 0 Å². The molecule has 0 rings (SSSR count). The van der Waals surface area contributed by atoms with Crippen LogP contribution in [0.15, 0.2) is 0 Å². The Morgan fingerprint density at radius 3 is 0.400 bits per heavy atom. The molecule has 0 heterocycles. The predicted molar refractivity (Wildman–Crippen MR) is 0 cm³/mol. The van der Waals surface area contributed by atoms with Crippen LogP contribution < -0.4 is 0 Å². The van der Waals surface area contributed by atoms with Crippen molar-refractivity contribution in [1.29, 1.82) is 0 Å². The molecule has 0 saturated carbocycles. The zero-order valence-corrected chi connectivity index (χ0v) is 9.44. The maximum Gasteiger partial charge on any atom is 0 e. The van der Waals surface area contributed by atoms with Gasteiger partial charge in [-0.05, 0) is 0 Å². The molecule has 0 nitrogen and oxygen atoms in total. The van der Waals surface area contributed by atoms with Crippen LogP contribution in [0.3, 0.4) is 0 Å². The third kappa shape index (κ3) is 17.8. The topological polar surface area (TPSA) is 0 Å². The Morgan fingerprint density at radius 2 is 0.400 bits per heavy atom. The Kier molecular flexibility index (Phi) is 161. The Balaban J connectivity index is 0. The normalized spacial score (nSPS) is 0. The minimum atomic E-state index is 0. The fourth-order valence-corrected chi connectivity index (χ4v) is 0. The molecule has 0 aliphatic heterocycles. The van der Waals surface area contributed by atoms with Crippen LogP contribution in [0.5, 0.6) is 0 Å². The molecular weight excluding hydrogens is 669 g/mol. The van der Waals surface area contributed by atoms with E-state index < -0.39 is 0 Å². The molecule has 0 aromatic rings. The van der Waals surface area contributed by atoms with Gasteiger partial charge < -0.3 is 0 Å². The van der Waals surface area contributed by atoms with Crippen molar-refractivity contribution in [3.05, 3.63) is 0 Å². The summed E-state index contributed by atoms with van der Waals surface area (Å²) < 4.78 is 0. The molecule has 0 aromatic heterocycles. The fraction of sp³-hybridized carbons (Fsp3) is 0. The van der Waals surface area contributed by atoms with E-state index in [1.54, 1.807) is 0 Å². The average molecular weight is 669 g/mol. The van der Waals surface area contributed by atoms with Gasteiger partial charge in [0.15, 0.2) is 0 Å². The van der Waals surface area contributed by atoms with E-state index in [1.807, 2.05) is 0 Å². The Morgan fingerprint density at radius 1 is 0.400 bits per heavy atom. The van der Waals surface area contributed by atoms with Crippen LogP contribution in [-0.2, 0) is 61.3 Å². The largest absolute Gasteiger partial charge is 0 e. The molecule has 60 valence electrons. The monoisotopic (exact) mass is 668 g/mol. The van der Waals surface area contributed by atoms with Crippen LogP contribution in [0.4, 0.5) is 0 Å². The molecule has 0 fully saturated rings. The summed E-state index contributed by atoms with van der Waals surface area (Å²) in [5.74, 6) is 0. The van der Waals surface area contributed by atoms with E-state index in [2.05, 4.69) is 0 Å². The van der Waals surface area contributed by atoms with Gasteiger partial charge in [-0.1, -0.05) is 0 Å². The standard InChI is InChI=1S/2Lu.3Pd. The van der Waals surface area contributed by atoms with Crippen LogP contribution in [0, 0.1) is 73.7 Å². The first-order valence-electron chi connectivity index (χ1n) is 0. The van der Waals surface area contributed by atoms with Crippen molar-refractivity contribution >= 4 is 0 Å². The predicted octanol–water partition coefficient (Wildman–Crippen LogP) is -0.00750. The van der Waals surface area contributed by atoms with E-state index in [1.165, 1.54) is 0 Å². The molecule has 0 amide bonds. The average Bonchev–Trinajstić information content (AvgIpc) is 0. The number of rotatable bonds is 0. The van der Waals surface area contributed by atoms with Crippen molar-refractivity contribution < 1.29 is 135 Å². The first-order chi connectivity index (χ1) is 0. The van der Waals surface area contributed by atoms with Gasteiger partial charge in [0.05, 0.1) is 0 Å². The molecule has 0 bridgehead atoms. The molecule has 5 heteroatoms. The van der Waals surface area contributed by atoms with Crippen LogP contribution in [0.1, 0.15) is 0 Å². The number of hydrogen-bond donors (Lipinski definition) is 0. The number of hydrogen-bond acceptors (Lipinski definition) is 0. The second kappa shape index (κ2) is 23.7. The Labute approximate surface area is 131 Å². The van der Waals surface area contributed by atoms with Gasteiger partial charge in [0.25, 0.3) is 0 Å². The maximum absolute atomic E-state index is 0. The molecule has 0 aromatic carbocycles. The van der Waals surface area contributed by atoms with Crippen LogP contribution >= 0.6 is 0 Å². The second-order valence-corrected chi connectivity index (χ2v) is 0. The Bertz CT molecular complexity index is 4.85. The van der Waals surface area contributed by atoms with Crippen molar-refractivity contribution in [2.75, 3.05) is 0 Å². The molecule has 0 N–H and O–H groups in total. The summed E-state index contributed by atoms with van der Waals surface area (Å²) in [6, 6.07) is 0. The van der Waals surface area contributed by atoms with Gasteiger partial charge in [0.2, 0.25) is 0 Å². The van der Waals surface area contributed by atoms with E-state index in [-0.39, 0.29) is 135 Å². The van der Waals surface area contributed by atoms with Gasteiger partial charge in [-0.2, -0.15) is 0 Å². The third-order valence-corrected chi connectivity index (χ3v) is 0. The van der Waals surface area contributed by atoms with E-state index >= 15 is 0 Å². The van der Waals surface area contributed by atoms with Gasteiger partial charge in [-0.3, -0.25) is 0 Å². The molecule has 2 radical (unpaired) electrons. The molecule has 0 aliphatic rings. The van der Waals surface area contributed by atoms with E-state index in [0.29, 0.717) is 0 Å². The first-order valence-corrected chi connectivity index (χ1v) is 0. The maximum atomic E-state index is 0. The fourth-order valence-electron chi connectivity index (χ4n) is 0. The molecule has 0 atom stereocenters. The third-order valence-electron chi connectivity index (χ3n) is 0. The van der Waals surface area contributed by atoms with E-state index in [9.17, 15) is 0 Å². The van der Waals surface area contributed by atoms with E-state index in [0.717, 1.165) is 0 Å². The van der Waals surface area contributed by atoms with Gasteiger partial charge in [-0.15, -0.1) is 0 Å². The summed E-state index contributed by atoms with van der Waals surface area (Å²) in [4.78, 5) is 0. The zero-order chi connectivity index (χ0) is 0. The molecule has 5 heavy (non-hydrogen) atoms. The van der Waals surface area contributed by atoms with Crippen molar-refractivity contribution in [2.45, 2.75) is 0 Å². The quantitative estimate of drug-likeness (QED) is 0.319. The van der Waals surface area contributed by atoms with Crippen molar-refractivity contribution in [1.82, 2.24) is 0 Å². The SMILES string of the molecule is [Lu].[Lu].[Pd].[Pd].[Pd]. The van der Waals surface area contributed by atoms with Crippen molar-refractivity contribution in [3.63, 3.8) is 0 Å². The van der Waals surface area contributed by atoms with Crippen LogP contribution in [0.25, 0.3) is 0 Å². The molecule has 0 spiro atoms. The molecule has 0 unspecified atom stereocenters. The van der Waals surface area contributed by atoms with Crippen LogP contribution in [0.2, 0.25) is 0 Å².